The predicted octanol–water partition coefficient (Wildman–Crippen LogP) is 3.98. The Morgan fingerprint density at radius 3 is 2.74 bits per heavy atom. The molecule has 1 N–H and O–H groups in total. The van der Waals surface area contributed by atoms with Gasteiger partial charge in [0.25, 0.3) is 0 Å². The number of ether oxygens (including phenoxy) is 1. The fourth-order valence-corrected chi connectivity index (χ4v) is 3.11. The van der Waals surface area contributed by atoms with E-state index in [1.165, 1.54) is 4.88 Å². The van der Waals surface area contributed by atoms with Crippen LogP contribution in [0.1, 0.15) is 10.4 Å². The topological polar surface area (TPSA) is 38.3 Å². The zero-order valence-corrected chi connectivity index (χ0v) is 12.7. The summed E-state index contributed by atoms with van der Waals surface area (Å²) in [4.78, 5) is 12.7. The molecule has 1 aromatic heterocycles. The monoisotopic (exact) mass is 339 g/mol. The molecule has 0 aliphatic rings. The van der Waals surface area contributed by atoms with E-state index in [4.69, 9.17) is 4.74 Å². The van der Waals surface area contributed by atoms with Crippen LogP contribution in [0.3, 0.4) is 0 Å². The van der Waals surface area contributed by atoms with Gasteiger partial charge in [0.15, 0.2) is 0 Å². The molecule has 0 saturated heterocycles. The van der Waals surface area contributed by atoms with Gasteiger partial charge in [-0.3, -0.25) is 0 Å². The molecule has 0 unspecified atom stereocenters. The molecule has 3 nitrogen and oxygen atoms in total. The van der Waals surface area contributed by atoms with Crippen LogP contribution in [0.15, 0.2) is 46.3 Å². The van der Waals surface area contributed by atoms with E-state index in [0.29, 0.717) is 13.2 Å². The maximum absolute atomic E-state index is 11.5. The van der Waals surface area contributed by atoms with Crippen molar-refractivity contribution in [1.82, 2.24) is 5.32 Å². The summed E-state index contributed by atoms with van der Waals surface area (Å²) in [6, 6.07) is 11.6. The van der Waals surface area contributed by atoms with Gasteiger partial charge in [0, 0.05) is 22.3 Å². The molecule has 0 aliphatic carbocycles. The predicted molar refractivity (Wildman–Crippen MR) is 80.4 cm³/mol. The van der Waals surface area contributed by atoms with Gasteiger partial charge in [-0.1, -0.05) is 30.3 Å². The van der Waals surface area contributed by atoms with Crippen molar-refractivity contribution >= 4 is 33.4 Å². The lowest BCUT2D eigenvalue weighted by Crippen LogP contribution is -2.26. The van der Waals surface area contributed by atoms with Crippen molar-refractivity contribution in [3.05, 3.63) is 56.7 Å². The minimum Gasteiger partial charge on any atom is -0.445 e. The maximum Gasteiger partial charge on any atom is 0.407 e. The molecule has 2 aromatic rings. The number of hydrogen-bond acceptors (Lipinski definition) is 3. The summed E-state index contributed by atoms with van der Waals surface area (Å²) in [5, 5.41) is 4.76. The van der Waals surface area contributed by atoms with Gasteiger partial charge in [0.1, 0.15) is 6.61 Å². The number of thiophene rings is 1. The normalized spacial score (nSPS) is 10.2. The molecule has 0 radical (unpaired) electrons. The third-order valence-electron chi connectivity index (χ3n) is 2.53. The summed E-state index contributed by atoms with van der Waals surface area (Å²) in [5.41, 5.74) is 0.985. The van der Waals surface area contributed by atoms with E-state index in [1.807, 2.05) is 41.8 Å². The molecule has 19 heavy (non-hydrogen) atoms. The van der Waals surface area contributed by atoms with Crippen LogP contribution in [0.4, 0.5) is 4.79 Å². The highest BCUT2D eigenvalue weighted by atomic mass is 79.9. The number of carbonyl (C=O) groups is 1. The summed E-state index contributed by atoms with van der Waals surface area (Å²) in [7, 11) is 0. The van der Waals surface area contributed by atoms with E-state index in [1.54, 1.807) is 11.3 Å². The lowest BCUT2D eigenvalue weighted by molar-refractivity contribution is 0.140. The quantitative estimate of drug-likeness (QED) is 0.894. The number of rotatable bonds is 5. The van der Waals surface area contributed by atoms with Gasteiger partial charge in [-0.25, -0.2) is 4.79 Å². The van der Waals surface area contributed by atoms with E-state index in [2.05, 4.69) is 21.2 Å². The van der Waals surface area contributed by atoms with Crippen LogP contribution in [-0.4, -0.2) is 12.6 Å². The number of benzene rings is 1. The second-order valence-corrected chi connectivity index (χ2v) is 5.79. The molecule has 2 rings (SSSR count). The van der Waals surface area contributed by atoms with Gasteiger partial charge in [0.2, 0.25) is 0 Å². The maximum atomic E-state index is 11.5. The lowest BCUT2D eigenvalue weighted by atomic mass is 10.2. The molecule has 0 atom stereocenters. The molecule has 1 aromatic carbocycles. The molecular weight excluding hydrogens is 326 g/mol. The van der Waals surface area contributed by atoms with E-state index in [0.717, 1.165) is 16.5 Å². The largest absolute Gasteiger partial charge is 0.445 e. The molecule has 0 spiro atoms. The highest BCUT2D eigenvalue weighted by Gasteiger charge is 2.04. The van der Waals surface area contributed by atoms with Gasteiger partial charge < -0.3 is 10.1 Å². The van der Waals surface area contributed by atoms with Crippen molar-refractivity contribution in [1.29, 1.82) is 0 Å². The van der Waals surface area contributed by atoms with Gasteiger partial charge in [-0.2, -0.15) is 0 Å². The molecule has 1 amide bonds. The third-order valence-corrected chi connectivity index (χ3v) is 4.51. The van der Waals surface area contributed by atoms with Crippen LogP contribution >= 0.6 is 27.3 Å². The number of carbonyl (C=O) groups excluding carboxylic acids is 1. The van der Waals surface area contributed by atoms with Gasteiger partial charge >= 0.3 is 6.09 Å². The molecule has 1 heterocycles. The van der Waals surface area contributed by atoms with E-state index in [9.17, 15) is 4.79 Å². The minimum atomic E-state index is -0.378. The van der Waals surface area contributed by atoms with Crippen LogP contribution in [0, 0.1) is 0 Å². The Kier molecular flexibility index (Phi) is 5.42. The Morgan fingerprint density at radius 1 is 1.26 bits per heavy atom. The van der Waals surface area contributed by atoms with Crippen LogP contribution in [0.5, 0.6) is 0 Å². The molecule has 100 valence electrons. The van der Waals surface area contributed by atoms with Crippen molar-refractivity contribution < 1.29 is 9.53 Å². The van der Waals surface area contributed by atoms with Crippen LogP contribution in [-0.2, 0) is 17.8 Å². The fraction of sp³-hybridized carbons (Fsp3) is 0.214. The second-order valence-electron chi connectivity index (χ2n) is 3.93. The standard InChI is InChI=1S/C14H14BrNO2S/c15-12-7-9-19-13(12)6-8-16-14(17)18-10-11-4-2-1-3-5-11/h1-5,7,9H,6,8,10H2,(H,16,17). The number of nitrogens with one attached hydrogen (secondary N) is 1. The molecule has 0 aliphatic heterocycles. The number of hydrogen-bond donors (Lipinski definition) is 1. The van der Waals surface area contributed by atoms with Gasteiger partial charge in [0.05, 0.1) is 0 Å². The first kappa shape index (κ1) is 14.1. The number of halogens is 1. The van der Waals surface area contributed by atoms with Crippen molar-refractivity contribution in [2.75, 3.05) is 6.54 Å². The Balaban J connectivity index is 1.66. The van der Waals surface area contributed by atoms with Crippen LogP contribution in [0.2, 0.25) is 0 Å². The second kappa shape index (κ2) is 7.31. The average Bonchev–Trinajstić information content (AvgIpc) is 2.83. The Bertz CT molecular complexity index is 527. The summed E-state index contributed by atoms with van der Waals surface area (Å²) < 4.78 is 6.21. The minimum absolute atomic E-state index is 0.301. The average molecular weight is 340 g/mol. The molecule has 0 saturated carbocycles. The smallest absolute Gasteiger partial charge is 0.407 e. The highest BCUT2D eigenvalue weighted by Crippen LogP contribution is 2.22. The molecule has 5 heteroatoms. The van der Waals surface area contributed by atoms with Crippen molar-refractivity contribution in [3.63, 3.8) is 0 Å². The van der Waals surface area contributed by atoms with E-state index < -0.39 is 0 Å². The van der Waals surface area contributed by atoms with Crippen LogP contribution in [0.25, 0.3) is 0 Å². The summed E-state index contributed by atoms with van der Waals surface area (Å²) in [5.74, 6) is 0. The highest BCUT2D eigenvalue weighted by molar-refractivity contribution is 9.10. The van der Waals surface area contributed by atoms with E-state index >= 15 is 0 Å². The fourth-order valence-electron chi connectivity index (χ4n) is 1.56. The van der Waals surface area contributed by atoms with Gasteiger partial charge in [-0.15, -0.1) is 11.3 Å². The van der Waals surface area contributed by atoms with Crippen LogP contribution < -0.4 is 5.32 Å². The first-order chi connectivity index (χ1) is 9.25. The lowest BCUT2D eigenvalue weighted by Gasteiger charge is -2.06. The zero-order valence-electron chi connectivity index (χ0n) is 10.3. The van der Waals surface area contributed by atoms with Gasteiger partial charge in [-0.05, 0) is 32.9 Å². The SMILES string of the molecule is O=C(NCCc1sccc1Br)OCc1ccccc1. The first-order valence-corrected chi connectivity index (χ1v) is 7.59. The molecular formula is C14H14BrNO2S. The number of alkyl carbamates (subject to hydrolysis) is 1. The summed E-state index contributed by atoms with van der Waals surface area (Å²) in [6.07, 6.45) is 0.426. The third kappa shape index (κ3) is 4.69. The summed E-state index contributed by atoms with van der Waals surface area (Å²) >= 11 is 5.13. The molecule has 0 bridgehead atoms. The number of amides is 1. The Morgan fingerprint density at radius 2 is 2.05 bits per heavy atom. The first-order valence-electron chi connectivity index (χ1n) is 5.92. The van der Waals surface area contributed by atoms with Crippen molar-refractivity contribution in [2.45, 2.75) is 13.0 Å². The Labute approximate surface area is 124 Å². The van der Waals surface area contributed by atoms with Crippen molar-refractivity contribution in [2.24, 2.45) is 0 Å². The zero-order chi connectivity index (χ0) is 13.5. The summed E-state index contributed by atoms with van der Waals surface area (Å²) in [6.45, 7) is 0.877. The van der Waals surface area contributed by atoms with Crippen molar-refractivity contribution in [3.8, 4) is 0 Å². The van der Waals surface area contributed by atoms with E-state index in [-0.39, 0.29) is 6.09 Å². The molecule has 0 fully saturated rings. The Hall–Kier alpha value is -1.33.